The maximum atomic E-state index is 12.6. The third-order valence-electron chi connectivity index (χ3n) is 3.68. The number of rotatable bonds is 7. The van der Waals surface area contributed by atoms with E-state index in [0.29, 0.717) is 6.54 Å². The number of nitrogens with one attached hydrogen (secondary N) is 3. The van der Waals surface area contributed by atoms with E-state index in [1.54, 1.807) is 12.1 Å². The van der Waals surface area contributed by atoms with Crippen molar-refractivity contribution in [3.8, 4) is 0 Å². The van der Waals surface area contributed by atoms with Gasteiger partial charge in [0.25, 0.3) is 11.8 Å². The van der Waals surface area contributed by atoms with Gasteiger partial charge < -0.3 is 5.32 Å². The molecule has 0 spiro atoms. The summed E-state index contributed by atoms with van der Waals surface area (Å²) in [6, 6.07) is 5.15. The van der Waals surface area contributed by atoms with E-state index in [0.717, 1.165) is 12.8 Å². The number of para-hydroxylation sites is 1. The second-order valence-electron chi connectivity index (χ2n) is 5.73. The Bertz CT molecular complexity index is 863. The van der Waals surface area contributed by atoms with Gasteiger partial charge >= 0.3 is 6.03 Å². The van der Waals surface area contributed by atoms with E-state index in [-0.39, 0.29) is 17.0 Å². The molecule has 1 heterocycles. The van der Waals surface area contributed by atoms with Crippen LogP contribution in [-0.4, -0.2) is 43.8 Å². The summed E-state index contributed by atoms with van der Waals surface area (Å²) in [6.45, 7) is 3.73. The van der Waals surface area contributed by atoms with Gasteiger partial charge in [0.05, 0.1) is 17.0 Å². The average molecular weight is 380 g/mol. The summed E-state index contributed by atoms with van der Waals surface area (Å²) >= 11 is 0. The highest BCUT2D eigenvalue weighted by Crippen LogP contribution is 2.19. The molecule has 140 valence electrons. The quantitative estimate of drug-likeness (QED) is 0.608. The minimum Gasteiger partial charge on any atom is -0.352 e. The first-order chi connectivity index (χ1) is 12.3. The van der Waals surface area contributed by atoms with Crippen molar-refractivity contribution in [1.29, 1.82) is 0 Å². The van der Waals surface area contributed by atoms with Crippen LogP contribution in [0.25, 0.3) is 0 Å². The second-order valence-corrected chi connectivity index (χ2v) is 7.50. The number of unbranched alkanes of at least 4 members (excludes halogenated alkanes) is 1. The number of aliphatic imine (C=N–C) groups is 1. The van der Waals surface area contributed by atoms with Gasteiger partial charge in [0.2, 0.25) is 10.0 Å². The molecule has 1 unspecified atom stereocenters. The standard InChI is InChI=1S/C16H20N4O5S/c1-3-4-9-17-14(21)11-7-5-6-8-12(11)20-26(24,25)13-10(2)18-16(23)19-15(13)22/h5-8,13,20H,3-4,9H2,1-2H3,(H,17,21)(H,19,22,23). The van der Waals surface area contributed by atoms with E-state index in [1.807, 2.05) is 12.2 Å². The Kier molecular flexibility index (Phi) is 6.09. The van der Waals surface area contributed by atoms with Crippen molar-refractivity contribution in [3.63, 3.8) is 0 Å². The Labute approximate surface area is 151 Å². The predicted molar refractivity (Wildman–Crippen MR) is 96.7 cm³/mol. The Morgan fingerprint density at radius 2 is 1.96 bits per heavy atom. The summed E-state index contributed by atoms with van der Waals surface area (Å²) in [7, 11) is -4.26. The van der Waals surface area contributed by atoms with Gasteiger partial charge in [-0.15, -0.1) is 0 Å². The monoisotopic (exact) mass is 380 g/mol. The number of imide groups is 1. The lowest BCUT2D eigenvalue weighted by atomic mass is 10.1. The molecule has 9 nitrogen and oxygen atoms in total. The second kappa shape index (κ2) is 8.09. The van der Waals surface area contributed by atoms with Crippen molar-refractivity contribution in [3.05, 3.63) is 29.8 Å². The SMILES string of the molecule is CCCCNC(=O)c1ccccc1NS(=O)(=O)C1C(=O)NC(=O)N=C1C. The predicted octanol–water partition coefficient (Wildman–Crippen LogP) is 1.04. The first-order valence-corrected chi connectivity index (χ1v) is 9.59. The number of benzene rings is 1. The molecule has 1 aliphatic rings. The zero-order valence-electron chi connectivity index (χ0n) is 14.4. The molecular weight excluding hydrogens is 360 g/mol. The van der Waals surface area contributed by atoms with Gasteiger partial charge in [-0.25, -0.2) is 18.2 Å². The van der Waals surface area contributed by atoms with Crippen molar-refractivity contribution < 1.29 is 22.8 Å². The van der Waals surface area contributed by atoms with E-state index < -0.39 is 33.1 Å². The lowest BCUT2D eigenvalue weighted by Gasteiger charge is -2.21. The molecule has 26 heavy (non-hydrogen) atoms. The number of sulfonamides is 1. The van der Waals surface area contributed by atoms with Crippen LogP contribution in [0, 0.1) is 0 Å². The minimum atomic E-state index is -4.26. The smallest absolute Gasteiger partial charge is 0.347 e. The molecule has 3 N–H and O–H groups in total. The molecular formula is C16H20N4O5S. The number of anilines is 1. The molecule has 0 radical (unpaired) electrons. The lowest BCUT2D eigenvalue weighted by molar-refractivity contribution is -0.118. The van der Waals surface area contributed by atoms with E-state index in [4.69, 9.17) is 0 Å². The summed E-state index contributed by atoms with van der Waals surface area (Å²) < 4.78 is 27.5. The molecule has 1 aromatic carbocycles. The van der Waals surface area contributed by atoms with Crippen LogP contribution in [0.15, 0.2) is 29.3 Å². The third kappa shape index (κ3) is 4.45. The number of hydrogen-bond donors (Lipinski definition) is 3. The van der Waals surface area contributed by atoms with E-state index in [9.17, 15) is 22.8 Å². The molecule has 0 bridgehead atoms. The van der Waals surface area contributed by atoms with Gasteiger partial charge in [0, 0.05) is 6.54 Å². The minimum absolute atomic E-state index is 0.0407. The van der Waals surface area contributed by atoms with Crippen LogP contribution in [-0.2, 0) is 14.8 Å². The number of nitrogens with zero attached hydrogens (tertiary/aromatic N) is 1. The van der Waals surface area contributed by atoms with Gasteiger partial charge in [-0.3, -0.25) is 19.6 Å². The Morgan fingerprint density at radius 1 is 1.27 bits per heavy atom. The molecule has 0 aromatic heterocycles. The highest BCUT2D eigenvalue weighted by molar-refractivity contribution is 7.94. The molecule has 0 saturated heterocycles. The molecule has 2 rings (SSSR count). The normalized spacial score (nSPS) is 17.3. The summed E-state index contributed by atoms with van der Waals surface area (Å²) in [4.78, 5) is 38.9. The van der Waals surface area contributed by atoms with Crippen LogP contribution < -0.4 is 15.4 Å². The number of carbonyl (C=O) groups is 3. The van der Waals surface area contributed by atoms with E-state index in [1.165, 1.54) is 19.1 Å². The van der Waals surface area contributed by atoms with Gasteiger partial charge in [-0.2, -0.15) is 0 Å². The molecule has 1 atom stereocenters. The van der Waals surface area contributed by atoms with Crippen LogP contribution in [0.1, 0.15) is 37.0 Å². The molecule has 10 heteroatoms. The number of urea groups is 1. The fraction of sp³-hybridized carbons (Fsp3) is 0.375. The molecule has 0 saturated carbocycles. The van der Waals surface area contributed by atoms with Gasteiger partial charge in [0.15, 0.2) is 5.25 Å². The molecule has 0 aliphatic carbocycles. The maximum Gasteiger partial charge on any atom is 0.347 e. The van der Waals surface area contributed by atoms with Gasteiger partial charge in [0.1, 0.15) is 0 Å². The van der Waals surface area contributed by atoms with Crippen molar-refractivity contribution in [2.24, 2.45) is 4.99 Å². The Hall–Kier alpha value is -2.75. The highest BCUT2D eigenvalue weighted by Gasteiger charge is 2.39. The Balaban J connectivity index is 2.28. The summed E-state index contributed by atoms with van der Waals surface area (Å²) in [5.41, 5.74) is 0.0317. The summed E-state index contributed by atoms with van der Waals surface area (Å²) in [5, 5.41) is 2.91. The van der Waals surface area contributed by atoms with Crippen molar-refractivity contribution >= 4 is 39.3 Å². The lowest BCUT2D eigenvalue weighted by Crippen LogP contribution is -2.51. The first kappa shape index (κ1) is 19.6. The van der Waals surface area contributed by atoms with Crippen molar-refractivity contribution in [2.75, 3.05) is 11.3 Å². The van der Waals surface area contributed by atoms with Crippen LogP contribution in [0.4, 0.5) is 10.5 Å². The maximum absolute atomic E-state index is 12.6. The molecule has 1 aromatic rings. The number of hydrogen-bond acceptors (Lipinski definition) is 5. The highest BCUT2D eigenvalue weighted by atomic mass is 32.2. The zero-order chi connectivity index (χ0) is 19.3. The fourth-order valence-electron chi connectivity index (χ4n) is 2.43. The van der Waals surface area contributed by atoms with Gasteiger partial charge in [-0.1, -0.05) is 25.5 Å². The van der Waals surface area contributed by atoms with E-state index in [2.05, 4.69) is 15.0 Å². The largest absolute Gasteiger partial charge is 0.352 e. The van der Waals surface area contributed by atoms with E-state index >= 15 is 0 Å². The molecule has 1 aliphatic heterocycles. The third-order valence-corrected chi connectivity index (χ3v) is 5.36. The van der Waals surface area contributed by atoms with Crippen LogP contribution in [0.2, 0.25) is 0 Å². The summed E-state index contributed by atoms with van der Waals surface area (Å²) in [5.74, 6) is -1.41. The average Bonchev–Trinajstić information content (AvgIpc) is 2.53. The van der Waals surface area contributed by atoms with Crippen molar-refractivity contribution in [2.45, 2.75) is 31.9 Å². The number of carbonyl (C=O) groups excluding carboxylic acids is 3. The zero-order valence-corrected chi connectivity index (χ0v) is 15.2. The van der Waals surface area contributed by atoms with Crippen LogP contribution in [0.3, 0.4) is 0 Å². The van der Waals surface area contributed by atoms with Gasteiger partial charge in [-0.05, 0) is 25.5 Å². The first-order valence-electron chi connectivity index (χ1n) is 8.05. The molecule has 0 fully saturated rings. The summed E-state index contributed by atoms with van der Waals surface area (Å²) in [6.07, 6.45) is 1.70. The van der Waals surface area contributed by atoms with Crippen molar-refractivity contribution in [1.82, 2.24) is 10.6 Å². The van der Waals surface area contributed by atoms with Crippen LogP contribution >= 0.6 is 0 Å². The van der Waals surface area contributed by atoms with Crippen LogP contribution in [0.5, 0.6) is 0 Å². The molecule has 4 amide bonds. The topological polar surface area (TPSA) is 134 Å². The fourth-order valence-corrected chi connectivity index (χ4v) is 3.87. The number of amides is 4. The Morgan fingerprint density at radius 3 is 2.62 bits per heavy atom.